The van der Waals surface area contributed by atoms with Crippen molar-refractivity contribution in [3.05, 3.63) is 77.2 Å². The number of nitrogens with zero attached hydrogens (tertiary/aromatic N) is 5. The molecular weight excluding hydrogens is 792 g/mol. The predicted octanol–water partition coefficient (Wildman–Crippen LogP) is 7.17. The van der Waals surface area contributed by atoms with Gasteiger partial charge in [-0.05, 0) is 139 Å². The molecule has 14 nitrogen and oxygen atoms in total. The number of ether oxygens (including phenoxy) is 1. The van der Waals surface area contributed by atoms with E-state index in [1.807, 2.05) is 18.2 Å². The van der Waals surface area contributed by atoms with Crippen LogP contribution in [0, 0.1) is 11.3 Å². The fourth-order valence-corrected chi connectivity index (χ4v) is 10.5. The van der Waals surface area contributed by atoms with Crippen LogP contribution in [0.4, 0.5) is 15.8 Å². The highest BCUT2D eigenvalue weighted by atomic mass is 19.1. The molecule has 4 fully saturated rings. The Bertz CT molecular complexity index is 2420. The maximum Gasteiger partial charge on any atom is 0.274 e. The van der Waals surface area contributed by atoms with Gasteiger partial charge < -0.3 is 20.3 Å². The van der Waals surface area contributed by atoms with Gasteiger partial charge in [0.15, 0.2) is 0 Å². The largest absolute Gasteiger partial charge is 0.494 e. The fraction of sp³-hybridized carbons (Fsp3) is 0.511. The second-order valence-corrected chi connectivity index (χ2v) is 18.6. The normalized spacial score (nSPS) is 23.4. The number of benzene rings is 2. The Morgan fingerprint density at radius 3 is 2.37 bits per heavy atom. The smallest absolute Gasteiger partial charge is 0.274 e. The van der Waals surface area contributed by atoms with Crippen molar-refractivity contribution >= 4 is 51.8 Å². The number of carbonyl (C=O) groups excluding carboxylic acids is 5. The van der Waals surface area contributed by atoms with E-state index >= 15 is 0 Å². The van der Waals surface area contributed by atoms with Gasteiger partial charge in [-0.1, -0.05) is 12.1 Å². The molecule has 2 saturated carbocycles. The summed E-state index contributed by atoms with van der Waals surface area (Å²) in [6.07, 6.45) is 13.3. The lowest BCUT2D eigenvalue weighted by Gasteiger charge is -2.47. The van der Waals surface area contributed by atoms with Crippen molar-refractivity contribution in [1.29, 1.82) is 0 Å². The van der Waals surface area contributed by atoms with Gasteiger partial charge in [0.2, 0.25) is 11.8 Å². The van der Waals surface area contributed by atoms with Gasteiger partial charge in [-0.25, -0.2) is 9.37 Å². The summed E-state index contributed by atoms with van der Waals surface area (Å²) in [5, 5.41) is 14.6. The molecule has 326 valence electrons. The molecule has 9 rings (SSSR count). The van der Waals surface area contributed by atoms with Gasteiger partial charge in [0, 0.05) is 42.3 Å². The summed E-state index contributed by atoms with van der Waals surface area (Å²) in [5.41, 5.74) is 1.54. The maximum absolute atomic E-state index is 14.5. The molecule has 15 heteroatoms. The lowest BCUT2D eigenvalue weighted by atomic mass is 9.67. The van der Waals surface area contributed by atoms with E-state index in [1.54, 1.807) is 37.4 Å². The Balaban J connectivity index is 0.745. The monoisotopic (exact) mass is 846 g/mol. The number of hydrogen-bond donors (Lipinski definition) is 3. The summed E-state index contributed by atoms with van der Waals surface area (Å²) < 4.78 is 22.2. The number of pyridine rings is 1. The van der Waals surface area contributed by atoms with Crippen molar-refractivity contribution in [2.75, 3.05) is 37.4 Å². The van der Waals surface area contributed by atoms with E-state index in [0.29, 0.717) is 45.6 Å². The van der Waals surface area contributed by atoms with Crippen molar-refractivity contribution in [1.82, 2.24) is 29.9 Å². The van der Waals surface area contributed by atoms with E-state index < -0.39 is 35.3 Å². The maximum atomic E-state index is 14.5. The summed E-state index contributed by atoms with van der Waals surface area (Å²) >= 11 is 0. The van der Waals surface area contributed by atoms with Crippen molar-refractivity contribution < 1.29 is 33.1 Å². The van der Waals surface area contributed by atoms with Gasteiger partial charge >= 0.3 is 0 Å². The van der Waals surface area contributed by atoms with Crippen LogP contribution in [-0.4, -0.2) is 92.9 Å². The molecule has 3 N–H and O–H groups in total. The van der Waals surface area contributed by atoms with Crippen LogP contribution in [0.25, 0.3) is 10.9 Å². The molecule has 5 heterocycles. The van der Waals surface area contributed by atoms with Crippen LogP contribution in [0.5, 0.6) is 5.75 Å². The standard InChI is InChI=1S/C47H55FN8O6/c1-46(2,48)39-9-5-8-34(50-39)42(58)51-36-24-29-27-55(53-35(29)25-38(36)62-3)31-12-10-28(11-13-31)26-54-22-20-47(21-23-54)18-16-30(17-19-47)49-33-7-4-6-32-41(33)45(61)56(44(32)60)37-14-15-40(57)52-43(37)59/h4-9,24-25,27-28,30-31,37,49H,10-23,26H2,1-3H3,(H,51,58)(H,52,57,59). The van der Waals surface area contributed by atoms with Crippen LogP contribution in [-0.2, 0) is 15.3 Å². The number of aromatic nitrogens is 3. The van der Waals surface area contributed by atoms with Crippen LogP contribution < -0.4 is 20.7 Å². The Labute approximate surface area is 360 Å². The highest BCUT2D eigenvalue weighted by Gasteiger charge is 2.46. The molecule has 0 bridgehead atoms. The fourth-order valence-electron chi connectivity index (χ4n) is 10.5. The number of fused-ring (bicyclic) bond motifs is 2. The number of carbonyl (C=O) groups is 5. The molecule has 5 aliphatic rings. The first kappa shape index (κ1) is 41.6. The van der Waals surface area contributed by atoms with Gasteiger partial charge in [0.25, 0.3) is 17.7 Å². The average molecular weight is 847 g/mol. The van der Waals surface area contributed by atoms with Crippen LogP contribution >= 0.6 is 0 Å². The molecule has 2 saturated heterocycles. The minimum absolute atomic E-state index is 0.0911. The molecule has 3 aliphatic heterocycles. The Kier molecular flexibility index (Phi) is 11.1. The molecule has 5 amide bonds. The third-order valence-corrected chi connectivity index (χ3v) is 14.2. The average Bonchev–Trinajstić information content (AvgIpc) is 3.79. The second kappa shape index (κ2) is 16.5. The Hall–Kier alpha value is -5.70. The van der Waals surface area contributed by atoms with Gasteiger partial charge in [0.05, 0.1) is 41.2 Å². The van der Waals surface area contributed by atoms with Crippen LogP contribution in [0.1, 0.15) is 134 Å². The van der Waals surface area contributed by atoms with E-state index in [-0.39, 0.29) is 36.2 Å². The van der Waals surface area contributed by atoms with Gasteiger partial charge in [-0.15, -0.1) is 0 Å². The zero-order chi connectivity index (χ0) is 43.3. The molecule has 2 aromatic heterocycles. The van der Waals surface area contributed by atoms with Crippen molar-refractivity contribution in [2.24, 2.45) is 11.3 Å². The Morgan fingerprint density at radius 2 is 1.66 bits per heavy atom. The molecule has 0 radical (unpaired) electrons. The van der Waals surface area contributed by atoms with Crippen molar-refractivity contribution in [2.45, 2.75) is 115 Å². The summed E-state index contributed by atoms with van der Waals surface area (Å²) in [7, 11) is 1.56. The minimum Gasteiger partial charge on any atom is -0.494 e. The zero-order valence-electron chi connectivity index (χ0n) is 35.7. The lowest BCUT2D eigenvalue weighted by molar-refractivity contribution is -0.136. The van der Waals surface area contributed by atoms with E-state index in [4.69, 9.17) is 9.84 Å². The second-order valence-electron chi connectivity index (χ2n) is 18.6. The van der Waals surface area contributed by atoms with Crippen molar-refractivity contribution in [3.8, 4) is 5.75 Å². The molecule has 1 atom stereocenters. The van der Waals surface area contributed by atoms with E-state index in [9.17, 15) is 28.4 Å². The number of halogens is 1. The van der Waals surface area contributed by atoms with E-state index in [1.165, 1.54) is 26.7 Å². The topological polar surface area (TPSA) is 168 Å². The SMILES string of the molecule is COc1cc2nn(C3CCC(CN4CCC5(CCC(Nc6cccc7c6C(=O)N(C6CCC(=O)NC6=O)C7=O)CC5)CC4)CC3)cc2cc1NC(=O)c1cccc(C(C)(C)F)n1. The van der Waals surface area contributed by atoms with E-state index in [2.05, 4.69) is 36.7 Å². The minimum atomic E-state index is -1.67. The number of nitrogens with one attached hydrogen (secondary N) is 3. The number of amides is 5. The van der Waals surface area contributed by atoms with Gasteiger partial charge in [-0.3, -0.25) is 38.9 Å². The van der Waals surface area contributed by atoms with Crippen LogP contribution in [0.3, 0.4) is 0 Å². The van der Waals surface area contributed by atoms with Gasteiger partial charge in [0.1, 0.15) is 23.2 Å². The highest BCUT2D eigenvalue weighted by molar-refractivity contribution is 6.25. The van der Waals surface area contributed by atoms with Crippen molar-refractivity contribution in [3.63, 3.8) is 0 Å². The molecule has 1 spiro atoms. The summed E-state index contributed by atoms with van der Waals surface area (Å²) in [5.74, 6) is -1.26. The van der Waals surface area contributed by atoms with Crippen LogP contribution in [0.2, 0.25) is 0 Å². The van der Waals surface area contributed by atoms with Crippen LogP contribution in [0.15, 0.2) is 54.7 Å². The number of anilines is 2. The first-order valence-electron chi connectivity index (χ1n) is 22.2. The number of alkyl halides is 1. The molecule has 1 unspecified atom stereocenters. The number of methoxy groups -OCH3 is 1. The highest BCUT2D eigenvalue weighted by Crippen LogP contribution is 2.46. The van der Waals surface area contributed by atoms with E-state index in [0.717, 1.165) is 86.8 Å². The number of hydrogen-bond acceptors (Lipinski definition) is 10. The summed E-state index contributed by atoms with van der Waals surface area (Å²) in [6, 6.07) is 13.2. The first-order valence-corrected chi connectivity index (χ1v) is 22.2. The molecule has 2 aromatic carbocycles. The number of likely N-dealkylation sites (tertiary alicyclic amines) is 1. The predicted molar refractivity (Wildman–Crippen MR) is 231 cm³/mol. The molecule has 4 aromatic rings. The molecular formula is C47H55FN8O6. The third kappa shape index (κ3) is 8.18. The first-order chi connectivity index (χ1) is 29.8. The number of piperidine rings is 2. The number of imide groups is 2. The Morgan fingerprint density at radius 1 is 0.919 bits per heavy atom. The summed E-state index contributed by atoms with van der Waals surface area (Å²) in [4.78, 5) is 72.3. The summed E-state index contributed by atoms with van der Waals surface area (Å²) in [6.45, 7) is 6.16. The van der Waals surface area contributed by atoms with Gasteiger partial charge in [-0.2, -0.15) is 5.10 Å². The quantitative estimate of drug-likeness (QED) is 0.139. The molecule has 2 aliphatic carbocycles. The molecule has 62 heavy (non-hydrogen) atoms. The third-order valence-electron chi connectivity index (χ3n) is 14.2. The number of rotatable bonds is 10. The zero-order valence-corrected chi connectivity index (χ0v) is 35.7. The lowest BCUT2D eigenvalue weighted by Crippen LogP contribution is -2.54.